The van der Waals surface area contributed by atoms with Gasteiger partial charge in [0.1, 0.15) is 0 Å². The van der Waals surface area contributed by atoms with Crippen molar-refractivity contribution in [2.75, 3.05) is 10.6 Å². The minimum atomic E-state index is -1.03. The predicted molar refractivity (Wildman–Crippen MR) is 102 cm³/mol. The number of nitrogens with one attached hydrogen (secondary N) is 2. The van der Waals surface area contributed by atoms with Crippen LogP contribution in [-0.2, 0) is 0 Å². The van der Waals surface area contributed by atoms with Gasteiger partial charge in [-0.2, -0.15) is 0 Å². The summed E-state index contributed by atoms with van der Waals surface area (Å²) in [5.74, 6) is -1.59. The number of rotatable bonds is 5. The maximum atomic E-state index is 12.3. The highest BCUT2D eigenvalue weighted by molar-refractivity contribution is 6.06. The summed E-state index contributed by atoms with van der Waals surface area (Å²) < 4.78 is 0. The fourth-order valence-corrected chi connectivity index (χ4v) is 2.40. The first-order valence-corrected chi connectivity index (χ1v) is 8.14. The van der Waals surface area contributed by atoms with E-state index >= 15 is 0 Å². The average molecular weight is 360 g/mol. The average Bonchev–Trinajstić information content (AvgIpc) is 2.69. The number of hydrogen-bond donors (Lipinski definition) is 3. The largest absolute Gasteiger partial charge is 0.478 e. The molecule has 0 aliphatic rings. The minimum Gasteiger partial charge on any atom is -0.478 e. The minimum absolute atomic E-state index is 0.145. The summed E-state index contributed by atoms with van der Waals surface area (Å²) in [6.07, 6.45) is 0. The Kier molecular flexibility index (Phi) is 5.28. The van der Waals surface area contributed by atoms with Gasteiger partial charge in [0, 0.05) is 22.5 Å². The Morgan fingerprint density at radius 2 is 0.963 bits per heavy atom. The molecule has 0 saturated heterocycles. The Morgan fingerprint density at radius 3 is 1.41 bits per heavy atom. The van der Waals surface area contributed by atoms with Crippen LogP contribution < -0.4 is 10.6 Å². The molecular formula is C21H16N2O4. The molecule has 0 radical (unpaired) electrons. The van der Waals surface area contributed by atoms with E-state index in [4.69, 9.17) is 5.11 Å². The van der Waals surface area contributed by atoms with Gasteiger partial charge >= 0.3 is 5.97 Å². The number of amides is 2. The van der Waals surface area contributed by atoms with Gasteiger partial charge in [0.2, 0.25) is 0 Å². The third-order valence-corrected chi connectivity index (χ3v) is 3.83. The molecule has 3 aromatic rings. The van der Waals surface area contributed by atoms with E-state index in [9.17, 15) is 14.4 Å². The summed E-state index contributed by atoms with van der Waals surface area (Å²) in [4.78, 5) is 35.2. The Hall–Kier alpha value is -3.93. The smallest absolute Gasteiger partial charge is 0.335 e. The van der Waals surface area contributed by atoms with Gasteiger partial charge in [-0.1, -0.05) is 18.2 Å². The number of carboxylic acid groups (broad SMARTS) is 1. The zero-order valence-electron chi connectivity index (χ0n) is 14.2. The fraction of sp³-hybridized carbons (Fsp3) is 0. The summed E-state index contributed by atoms with van der Waals surface area (Å²) in [6, 6.07) is 21.2. The second-order valence-corrected chi connectivity index (χ2v) is 5.73. The highest BCUT2D eigenvalue weighted by atomic mass is 16.4. The Morgan fingerprint density at radius 1 is 0.556 bits per heavy atom. The van der Waals surface area contributed by atoms with Crippen LogP contribution in [0.2, 0.25) is 0 Å². The quantitative estimate of drug-likeness (QED) is 0.643. The van der Waals surface area contributed by atoms with Gasteiger partial charge in [0.25, 0.3) is 11.8 Å². The number of aromatic carboxylic acids is 1. The van der Waals surface area contributed by atoms with Gasteiger partial charge < -0.3 is 15.7 Å². The Labute approximate surface area is 155 Å². The summed E-state index contributed by atoms with van der Waals surface area (Å²) in [5.41, 5.74) is 2.17. The van der Waals surface area contributed by atoms with E-state index in [1.54, 1.807) is 48.5 Å². The molecule has 6 heteroatoms. The summed E-state index contributed by atoms with van der Waals surface area (Å²) in [7, 11) is 0. The molecule has 0 aliphatic carbocycles. The normalized spacial score (nSPS) is 10.1. The van der Waals surface area contributed by atoms with Crippen molar-refractivity contribution in [2.24, 2.45) is 0 Å². The molecule has 3 rings (SSSR count). The summed E-state index contributed by atoms with van der Waals surface area (Å²) in [6.45, 7) is 0. The zero-order valence-corrected chi connectivity index (χ0v) is 14.2. The lowest BCUT2D eigenvalue weighted by Gasteiger charge is -2.08. The van der Waals surface area contributed by atoms with E-state index in [0.29, 0.717) is 22.5 Å². The van der Waals surface area contributed by atoms with Crippen molar-refractivity contribution < 1.29 is 19.5 Å². The Balaban J connectivity index is 1.63. The van der Waals surface area contributed by atoms with Crippen LogP contribution in [-0.4, -0.2) is 22.9 Å². The highest BCUT2D eigenvalue weighted by Gasteiger charge is 2.09. The maximum absolute atomic E-state index is 12.3. The molecule has 0 atom stereocenters. The van der Waals surface area contributed by atoms with Crippen LogP contribution in [0, 0.1) is 0 Å². The van der Waals surface area contributed by atoms with Crippen molar-refractivity contribution >= 4 is 29.2 Å². The SMILES string of the molecule is O=C(O)c1ccc(NC(=O)c2ccc(NC(=O)c3ccccc3)cc2)cc1. The molecule has 2 amide bonds. The number of anilines is 2. The molecule has 27 heavy (non-hydrogen) atoms. The van der Waals surface area contributed by atoms with Gasteiger partial charge in [-0.3, -0.25) is 9.59 Å². The van der Waals surface area contributed by atoms with E-state index in [2.05, 4.69) is 10.6 Å². The predicted octanol–water partition coefficient (Wildman–Crippen LogP) is 3.89. The second-order valence-electron chi connectivity index (χ2n) is 5.73. The van der Waals surface area contributed by atoms with Gasteiger partial charge in [0.15, 0.2) is 0 Å². The van der Waals surface area contributed by atoms with Crippen LogP contribution in [0.3, 0.4) is 0 Å². The van der Waals surface area contributed by atoms with Gasteiger partial charge in [0.05, 0.1) is 5.56 Å². The Bertz CT molecular complexity index is 965. The van der Waals surface area contributed by atoms with Crippen LogP contribution >= 0.6 is 0 Å². The van der Waals surface area contributed by atoms with Crippen LogP contribution in [0.5, 0.6) is 0 Å². The van der Waals surface area contributed by atoms with Crippen molar-refractivity contribution in [3.8, 4) is 0 Å². The monoisotopic (exact) mass is 360 g/mol. The first-order valence-electron chi connectivity index (χ1n) is 8.14. The molecule has 3 aromatic carbocycles. The second kappa shape index (κ2) is 7.97. The molecule has 0 aromatic heterocycles. The molecule has 0 fully saturated rings. The highest BCUT2D eigenvalue weighted by Crippen LogP contribution is 2.14. The molecule has 6 nitrogen and oxygen atoms in total. The van der Waals surface area contributed by atoms with E-state index in [1.165, 1.54) is 24.3 Å². The molecule has 0 unspecified atom stereocenters. The van der Waals surface area contributed by atoms with E-state index < -0.39 is 5.97 Å². The van der Waals surface area contributed by atoms with E-state index in [0.717, 1.165) is 0 Å². The van der Waals surface area contributed by atoms with Crippen LogP contribution in [0.1, 0.15) is 31.1 Å². The molecule has 0 saturated carbocycles. The topological polar surface area (TPSA) is 95.5 Å². The summed E-state index contributed by atoms with van der Waals surface area (Å²) in [5, 5.41) is 14.3. The maximum Gasteiger partial charge on any atom is 0.335 e. The molecule has 0 bridgehead atoms. The summed E-state index contributed by atoms with van der Waals surface area (Å²) >= 11 is 0. The third kappa shape index (κ3) is 4.58. The van der Waals surface area contributed by atoms with Gasteiger partial charge in [-0.25, -0.2) is 4.79 Å². The van der Waals surface area contributed by atoms with Crippen LogP contribution in [0.25, 0.3) is 0 Å². The number of hydrogen-bond acceptors (Lipinski definition) is 3. The molecule has 0 spiro atoms. The van der Waals surface area contributed by atoms with E-state index in [1.807, 2.05) is 6.07 Å². The lowest BCUT2D eigenvalue weighted by molar-refractivity contribution is 0.0696. The van der Waals surface area contributed by atoms with Gasteiger partial charge in [-0.15, -0.1) is 0 Å². The number of carboxylic acids is 1. The van der Waals surface area contributed by atoms with Crippen LogP contribution in [0.15, 0.2) is 78.9 Å². The molecule has 0 aliphatic heterocycles. The number of benzene rings is 3. The molecule has 0 heterocycles. The van der Waals surface area contributed by atoms with Gasteiger partial charge in [-0.05, 0) is 60.7 Å². The van der Waals surface area contributed by atoms with Crippen LogP contribution in [0.4, 0.5) is 11.4 Å². The molecular weight excluding hydrogens is 344 g/mol. The number of carbonyl (C=O) groups excluding carboxylic acids is 2. The van der Waals surface area contributed by atoms with Crippen molar-refractivity contribution in [3.63, 3.8) is 0 Å². The van der Waals surface area contributed by atoms with Crippen molar-refractivity contribution in [2.45, 2.75) is 0 Å². The van der Waals surface area contributed by atoms with E-state index in [-0.39, 0.29) is 17.4 Å². The van der Waals surface area contributed by atoms with Crippen molar-refractivity contribution in [1.29, 1.82) is 0 Å². The number of carbonyl (C=O) groups is 3. The first-order chi connectivity index (χ1) is 13.0. The van der Waals surface area contributed by atoms with Crippen molar-refractivity contribution in [1.82, 2.24) is 0 Å². The first kappa shape index (κ1) is 17.9. The third-order valence-electron chi connectivity index (χ3n) is 3.83. The lowest BCUT2D eigenvalue weighted by atomic mass is 10.1. The van der Waals surface area contributed by atoms with Crippen molar-refractivity contribution in [3.05, 3.63) is 95.6 Å². The molecule has 3 N–H and O–H groups in total. The standard InChI is InChI=1S/C21H16N2O4/c24-19(14-4-2-1-3-5-14)22-17-10-6-15(7-11-17)20(25)23-18-12-8-16(9-13-18)21(26)27/h1-13H,(H,22,24)(H,23,25)(H,26,27). The molecule has 134 valence electrons. The zero-order chi connectivity index (χ0) is 19.2. The lowest BCUT2D eigenvalue weighted by Crippen LogP contribution is -2.13. The fourth-order valence-electron chi connectivity index (χ4n) is 2.40.